The van der Waals surface area contributed by atoms with Gasteiger partial charge in [0, 0.05) is 12.4 Å². The van der Waals surface area contributed by atoms with Gasteiger partial charge < -0.3 is 19.4 Å². The van der Waals surface area contributed by atoms with Crippen LogP contribution in [0.5, 0.6) is 11.5 Å². The Morgan fingerprint density at radius 2 is 1.93 bits per heavy atom. The molecule has 2 aromatic rings. The van der Waals surface area contributed by atoms with Crippen molar-refractivity contribution < 1.29 is 14.3 Å². The highest BCUT2D eigenvalue weighted by molar-refractivity contribution is 5.84. The van der Waals surface area contributed by atoms with E-state index in [9.17, 15) is 4.79 Å². The number of nitrogens with zero attached hydrogens (tertiary/aromatic N) is 2. The minimum atomic E-state index is -0.203. The van der Waals surface area contributed by atoms with Crippen molar-refractivity contribution in [1.82, 2.24) is 15.3 Å². The van der Waals surface area contributed by atoms with Gasteiger partial charge in [0.1, 0.15) is 6.04 Å². The predicted molar refractivity (Wildman–Crippen MR) is 104 cm³/mol. The summed E-state index contributed by atoms with van der Waals surface area (Å²) in [7, 11) is 0. The Hall–Kier alpha value is -2.99. The van der Waals surface area contributed by atoms with Crippen molar-refractivity contribution in [3.63, 3.8) is 0 Å². The zero-order valence-electron chi connectivity index (χ0n) is 16.0. The first-order valence-electron chi connectivity index (χ1n) is 9.57. The smallest absolute Gasteiger partial charge is 0.251 e. The van der Waals surface area contributed by atoms with Crippen molar-refractivity contribution in [2.45, 2.75) is 38.9 Å². The van der Waals surface area contributed by atoms with E-state index in [0.717, 1.165) is 17.1 Å². The Labute approximate surface area is 164 Å². The van der Waals surface area contributed by atoms with Crippen LogP contribution >= 0.6 is 0 Å². The number of hydrogen-bond donors (Lipinski definition) is 1. The largest absolute Gasteiger partial charge is 0.454 e. The molecule has 2 atom stereocenters. The Morgan fingerprint density at radius 3 is 2.82 bits per heavy atom. The number of rotatable bonds is 3. The third kappa shape index (κ3) is 2.90. The molecule has 6 nitrogen and oxygen atoms in total. The fourth-order valence-electron chi connectivity index (χ4n) is 4.07. The Kier molecular flexibility index (Phi) is 4.02. The maximum atomic E-state index is 13.1. The average molecular weight is 377 g/mol. The predicted octanol–water partition coefficient (Wildman–Crippen LogP) is 3.17. The standard InChI is InChI=1S/C22H23N3O3/c1-14-3-4-15(2)17(9-14)12-24-7-8-25-19(22(24)26)11-18(23-25)16-5-6-20-21(10-16)28-13-27-20/h3-10,18-19,23H,11-13H2,1-2H3. The fraction of sp³-hybridized carbons (Fsp3) is 0.318. The number of carbonyl (C=O) groups excluding carboxylic acids is 1. The van der Waals surface area contributed by atoms with E-state index in [1.807, 2.05) is 40.5 Å². The molecular formula is C22H23N3O3. The molecule has 0 bridgehead atoms. The highest BCUT2D eigenvalue weighted by Gasteiger charge is 2.40. The molecule has 1 saturated heterocycles. The van der Waals surface area contributed by atoms with Gasteiger partial charge in [-0.15, -0.1) is 0 Å². The lowest BCUT2D eigenvalue weighted by Gasteiger charge is -2.32. The van der Waals surface area contributed by atoms with E-state index in [2.05, 4.69) is 37.5 Å². The first-order chi connectivity index (χ1) is 13.6. The van der Waals surface area contributed by atoms with Gasteiger partial charge in [-0.1, -0.05) is 29.8 Å². The van der Waals surface area contributed by atoms with E-state index >= 15 is 0 Å². The fourth-order valence-corrected chi connectivity index (χ4v) is 4.07. The van der Waals surface area contributed by atoms with Gasteiger partial charge in [0.25, 0.3) is 5.91 Å². The highest BCUT2D eigenvalue weighted by Crippen LogP contribution is 2.37. The van der Waals surface area contributed by atoms with Crippen LogP contribution in [0.1, 0.15) is 34.7 Å². The van der Waals surface area contributed by atoms with Gasteiger partial charge in [-0.05, 0) is 49.1 Å². The summed E-state index contributed by atoms with van der Waals surface area (Å²) in [6.07, 6.45) is 4.55. The minimum absolute atomic E-state index is 0.0637. The van der Waals surface area contributed by atoms with Crippen molar-refractivity contribution in [2.24, 2.45) is 0 Å². The summed E-state index contributed by atoms with van der Waals surface area (Å²) in [5.41, 5.74) is 8.14. The monoisotopic (exact) mass is 377 g/mol. The van der Waals surface area contributed by atoms with Crippen LogP contribution in [0, 0.1) is 13.8 Å². The van der Waals surface area contributed by atoms with Crippen molar-refractivity contribution in [3.05, 3.63) is 71.1 Å². The summed E-state index contributed by atoms with van der Waals surface area (Å²) in [6, 6.07) is 12.2. The molecular weight excluding hydrogens is 354 g/mol. The Balaban J connectivity index is 1.33. The SMILES string of the molecule is Cc1ccc(C)c(CN2C=CN3NC(c4ccc5c(c4)OCO5)CC3C2=O)c1. The maximum absolute atomic E-state index is 13.1. The van der Waals surface area contributed by atoms with E-state index in [4.69, 9.17) is 9.47 Å². The molecule has 0 spiro atoms. The topological polar surface area (TPSA) is 54.0 Å². The van der Waals surface area contributed by atoms with Gasteiger partial charge in [-0.2, -0.15) is 0 Å². The summed E-state index contributed by atoms with van der Waals surface area (Å²) in [6.45, 7) is 5.03. The van der Waals surface area contributed by atoms with Gasteiger partial charge in [0.2, 0.25) is 6.79 Å². The molecule has 1 fully saturated rings. The third-order valence-corrected chi connectivity index (χ3v) is 5.72. The van der Waals surface area contributed by atoms with E-state index in [-0.39, 0.29) is 24.8 Å². The van der Waals surface area contributed by atoms with Crippen molar-refractivity contribution in [1.29, 1.82) is 0 Å². The number of amides is 1. The number of benzene rings is 2. The molecule has 3 aliphatic heterocycles. The molecule has 3 aliphatic rings. The first-order valence-corrected chi connectivity index (χ1v) is 9.57. The minimum Gasteiger partial charge on any atom is -0.454 e. The number of carbonyl (C=O) groups is 1. The second-order valence-corrected chi connectivity index (χ2v) is 7.65. The van der Waals surface area contributed by atoms with E-state index in [1.165, 1.54) is 16.7 Å². The van der Waals surface area contributed by atoms with Gasteiger partial charge in [-0.3, -0.25) is 4.79 Å². The van der Waals surface area contributed by atoms with Crippen LogP contribution in [0.3, 0.4) is 0 Å². The zero-order valence-corrected chi connectivity index (χ0v) is 16.0. The third-order valence-electron chi connectivity index (χ3n) is 5.72. The van der Waals surface area contributed by atoms with Crippen LogP contribution in [0.25, 0.3) is 0 Å². The maximum Gasteiger partial charge on any atom is 0.251 e. The molecule has 0 aromatic heterocycles. The number of fused-ring (bicyclic) bond motifs is 2. The average Bonchev–Trinajstić information content (AvgIpc) is 3.33. The molecule has 0 saturated carbocycles. The summed E-state index contributed by atoms with van der Waals surface area (Å²) < 4.78 is 10.9. The lowest BCUT2D eigenvalue weighted by molar-refractivity contribution is -0.134. The van der Waals surface area contributed by atoms with Crippen LogP contribution in [-0.4, -0.2) is 28.7 Å². The second-order valence-electron chi connectivity index (χ2n) is 7.65. The molecule has 3 heterocycles. The van der Waals surface area contributed by atoms with Crippen LogP contribution in [0.2, 0.25) is 0 Å². The molecule has 5 rings (SSSR count). The lowest BCUT2D eigenvalue weighted by atomic mass is 10.00. The molecule has 0 radical (unpaired) electrons. The van der Waals surface area contributed by atoms with Gasteiger partial charge >= 0.3 is 0 Å². The Morgan fingerprint density at radius 1 is 1.07 bits per heavy atom. The number of aryl methyl sites for hydroxylation is 2. The molecule has 1 N–H and O–H groups in total. The van der Waals surface area contributed by atoms with Crippen LogP contribution in [0.4, 0.5) is 0 Å². The van der Waals surface area contributed by atoms with Gasteiger partial charge in [0.15, 0.2) is 11.5 Å². The lowest BCUT2D eigenvalue weighted by Crippen LogP contribution is -2.47. The van der Waals surface area contributed by atoms with E-state index < -0.39 is 0 Å². The first kappa shape index (κ1) is 17.1. The molecule has 1 amide bonds. The summed E-state index contributed by atoms with van der Waals surface area (Å²) in [5.74, 6) is 1.66. The summed E-state index contributed by atoms with van der Waals surface area (Å²) >= 11 is 0. The number of ether oxygens (including phenoxy) is 2. The molecule has 144 valence electrons. The number of nitrogens with one attached hydrogen (secondary N) is 1. The van der Waals surface area contributed by atoms with Crippen molar-refractivity contribution in [2.75, 3.05) is 6.79 Å². The van der Waals surface area contributed by atoms with Gasteiger partial charge in [-0.25, -0.2) is 5.43 Å². The quantitative estimate of drug-likeness (QED) is 0.891. The normalized spacial score (nSPS) is 22.7. The molecule has 28 heavy (non-hydrogen) atoms. The summed E-state index contributed by atoms with van der Waals surface area (Å²) in [4.78, 5) is 14.9. The van der Waals surface area contributed by atoms with Crippen LogP contribution in [-0.2, 0) is 11.3 Å². The molecule has 2 unspecified atom stereocenters. The zero-order chi connectivity index (χ0) is 19.3. The van der Waals surface area contributed by atoms with Crippen LogP contribution < -0.4 is 14.9 Å². The molecule has 6 heteroatoms. The summed E-state index contributed by atoms with van der Waals surface area (Å²) in [5, 5.41) is 1.93. The second kappa shape index (κ2) is 6.56. The molecule has 0 aliphatic carbocycles. The van der Waals surface area contributed by atoms with Crippen molar-refractivity contribution in [3.8, 4) is 11.5 Å². The van der Waals surface area contributed by atoms with Crippen molar-refractivity contribution >= 4 is 5.91 Å². The number of hydrogen-bond acceptors (Lipinski definition) is 5. The highest BCUT2D eigenvalue weighted by atomic mass is 16.7. The molecule has 2 aromatic carbocycles. The Bertz CT molecular complexity index is 971. The van der Waals surface area contributed by atoms with E-state index in [1.54, 1.807) is 0 Å². The number of hydrazine groups is 1. The van der Waals surface area contributed by atoms with E-state index in [0.29, 0.717) is 13.0 Å². The van der Waals surface area contributed by atoms with Gasteiger partial charge in [0.05, 0.1) is 12.6 Å². The van der Waals surface area contributed by atoms with Crippen LogP contribution in [0.15, 0.2) is 48.8 Å².